The Bertz CT molecular complexity index is 2890. The number of carbonyl (C=O) groups excluding carboxylic acids is 3. The van der Waals surface area contributed by atoms with Crippen LogP contribution in [0, 0.1) is 0 Å². The molecule has 3 aromatic carbocycles. The third-order valence-corrected chi connectivity index (χ3v) is 17.3. The standard InChI is InChI=1S/C51H61BrN11O5P/c1-7-30-27-39(57-50-55-29-36(52)47(59-50)56-38-10-9-37-45(54-17-16-53-37)46(38)69(5,6)67)43(68-4)28-42(30)62-18-14-33(15-19-62)60-20-22-61(23-21-60)34-24-32(25-34)31-8-11-40-35(26-31)51(2,3)49(66)63(40)41-12-13-44(64)58-48(41)65/h8-11,16-17,26-29,32-34,41H,7,12-15,18-25H2,1-6H3,(H,58,64,65)(H2,55,56,57,59). The Morgan fingerprint density at radius 3 is 2.28 bits per heavy atom. The van der Waals surface area contributed by atoms with E-state index < -0.39 is 18.6 Å². The molecular weight excluding hydrogens is 958 g/mol. The quantitative estimate of drug-likeness (QED) is 0.0829. The molecule has 0 radical (unpaired) electrons. The van der Waals surface area contributed by atoms with Crippen molar-refractivity contribution < 1.29 is 23.7 Å². The molecule has 10 rings (SSSR count). The van der Waals surface area contributed by atoms with Crippen LogP contribution in [0.25, 0.3) is 11.0 Å². The van der Waals surface area contributed by atoms with Crippen LogP contribution < -0.4 is 35.8 Å². The smallest absolute Gasteiger partial charge is 0.249 e. The second-order valence-electron chi connectivity index (χ2n) is 20.1. The first-order valence-corrected chi connectivity index (χ1v) is 27.6. The number of imide groups is 1. The maximum absolute atomic E-state index is 13.7. The number of fused-ring (bicyclic) bond motifs is 2. The fourth-order valence-electron chi connectivity index (χ4n) is 11.3. The van der Waals surface area contributed by atoms with Crippen molar-refractivity contribution in [2.24, 2.45) is 0 Å². The first-order valence-electron chi connectivity index (χ1n) is 24.2. The van der Waals surface area contributed by atoms with E-state index in [-0.39, 0.29) is 24.1 Å². The predicted molar refractivity (Wildman–Crippen MR) is 275 cm³/mol. The van der Waals surface area contributed by atoms with E-state index in [1.165, 1.54) is 16.8 Å². The molecule has 18 heteroatoms. The highest BCUT2D eigenvalue weighted by Gasteiger charge is 2.50. The largest absolute Gasteiger partial charge is 0.494 e. The van der Waals surface area contributed by atoms with Crippen LogP contribution in [-0.2, 0) is 30.8 Å². The van der Waals surface area contributed by atoms with E-state index >= 15 is 0 Å². The van der Waals surface area contributed by atoms with Crippen LogP contribution in [0.1, 0.15) is 81.9 Å². The van der Waals surface area contributed by atoms with E-state index in [0.717, 1.165) is 88.3 Å². The van der Waals surface area contributed by atoms with Gasteiger partial charge in [-0.2, -0.15) is 4.98 Å². The van der Waals surface area contributed by atoms with Gasteiger partial charge < -0.3 is 24.8 Å². The van der Waals surface area contributed by atoms with Crippen LogP contribution in [0.2, 0.25) is 0 Å². The molecule has 1 aliphatic carbocycles. The maximum Gasteiger partial charge on any atom is 0.249 e. The summed E-state index contributed by atoms with van der Waals surface area (Å²) < 4.78 is 20.2. The molecule has 4 aliphatic heterocycles. The maximum atomic E-state index is 13.7. The molecule has 5 aromatic rings. The fraction of sp³-hybridized carbons (Fsp3) is 0.471. The zero-order chi connectivity index (χ0) is 48.4. The molecule has 2 aromatic heterocycles. The van der Waals surface area contributed by atoms with Crippen molar-refractivity contribution in [1.29, 1.82) is 0 Å². The molecule has 4 fully saturated rings. The van der Waals surface area contributed by atoms with Crippen LogP contribution in [0.5, 0.6) is 5.75 Å². The minimum Gasteiger partial charge on any atom is -0.494 e. The molecule has 362 valence electrons. The average molecular weight is 1020 g/mol. The summed E-state index contributed by atoms with van der Waals surface area (Å²) in [5, 5.41) is 9.85. The molecule has 1 saturated carbocycles. The topological polar surface area (TPSA) is 178 Å². The van der Waals surface area contributed by atoms with Crippen LogP contribution in [-0.4, -0.2) is 125 Å². The lowest BCUT2D eigenvalue weighted by Gasteiger charge is -2.49. The summed E-state index contributed by atoms with van der Waals surface area (Å²) in [5.74, 6) is 1.30. The molecule has 69 heavy (non-hydrogen) atoms. The van der Waals surface area contributed by atoms with Gasteiger partial charge in [-0.1, -0.05) is 19.1 Å². The zero-order valence-corrected chi connectivity index (χ0v) is 42.7. The summed E-state index contributed by atoms with van der Waals surface area (Å²) >= 11 is 3.61. The van der Waals surface area contributed by atoms with Crippen LogP contribution in [0.15, 0.2) is 65.5 Å². The molecule has 0 spiro atoms. The van der Waals surface area contributed by atoms with E-state index in [0.29, 0.717) is 68.4 Å². The predicted octanol–water partition coefficient (Wildman–Crippen LogP) is 7.45. The SMILES string of the molecule is CCc1cc(Nc2ncc(Br)c(Nc3ccc4nccnc4c3P(C)(C)=O)n2)c(OC)cc1N1CCC(N2CCN(C3CC(c4ccc5c(c4)C(C)(C)C(=O)N5C4CCC(=O)NC4=O)C3)CC2)CC1. The van der Waals surface area contributed by atoms with Gasteiger partial charge in [-0.3, -0.25) is 44.4 Å². The molecule has 5 aliphatic rings. The number of aromatic nitrogens is 4. The number of amides is 3. The van der Waals surface area contributed by atoms with E-state index in [1.807, 2.05) is 32.0 Å². The van der Waals surface area contributed by atoms with E-state index in [4.69, 9.17) is 9.72 Å². The van der Waals surface area contributed by atoms with Gasteiger partial charge >= 0.3 is 0 Å². The van der Waals surface area contributed by atoms with Gasteiger partial charge in [0, 0.05) is 93.8 Å². The van der Waals surface area contributed by atoms with Gasteiger partial charge in [0.15, 0.2) is 0 Å². The second-order valence-corrected chi connectivity index (χ2v) is 24.1. The molecule has 6 heterocycles. The second kappa shape index (κ2) is 18.7. The Morgan fingerprint density at radius 1 is 0.855 bits per heavy atom. The van der Waals surface area contributed by atoms with Gasteiger partial charge in [-0.15, -0.1) is 0 Å². The first-order chi connectivity index (χ1) is 33.1. The number of nitrogens with zero attached hydrogens (tertiary/aromatic N) is 8. The first kappa shape index (κ1) is 47.2. The van der Waals surface area contributed by atoms with Crippen LogP contribution in [0.3, 0.4) is 0 Å². The summed E-state index contributed by atoms with van der Waals surface area (Å²) in [5.41, 5.74) is 7.42. The summed E-state index contributed by atoms with van der Waals surface area (Å²) in [6.07, 6.45) is 10.8. The van der Waals surface area contributed by atoms with Crippen molar-refractivity contribution in [1.82, 2.24) is 35.1 Å². The number of nitrogens with one attached hydrogen (secondary N) is 3. The van der Waals surface area contributed by atoms with E-state index in [1.54, 1.807) is 43.9 Å². The highest BCUT2D eigenvalue weighted by atomic mass is 79.9. The number of halogens is 1. The number of methoxy groups -OCH3 is 1. The van der Waals surface area contributed by atoms with Crippen molar-refractivity contribution in [2.75, 3.05) is 80.1 Å². The lowest BCUT2D eigenvalue weighted by Crippen LogP contribution is -2.57. The van der Waals surface area contributed by atoms with Gasteiger partial charge in [0.05, 0.1) is 39.2 Å². The van der Waals surface area contributed by atoms with Gasteiger partial charge in [-0.05, 0) is 129 Å². The molecule has 3 amide bonds. The Morgan fingerprint density at radius 2 is 1.58 bits per heavy atom. The number of anilines is 6. The molecular formula is C51H61BrN11O5P. The number of piperidine rings is 2. The molecule has 3 N–H and O–H groups in total. The van der Waals surface area contributed by atoms with Crippen molar-refractivity contribution >= 4 is 91.6 Å². The number of piperazine rings is 1. The Labute approximate surface area is 411 Å². The number of hydrogen-bond acceptors (Lipinski definition) is 14. The summed E-state index contributed by atoms with van der Waals surface area (Å²) in [7, 11) is -1.09. The number of carbonyl (C=O) groups is 3. The number of benzene rings is 3. The lowest BCUT2D eigenvalue weighted by atomic mass is 9.73. The Kier molecular flexibility index (Phi) is 12.8. The summed E-state index contributed by atoms with van der Waals surface area (Å²) in [6.45, 7) is 15.8. The molecule has 3 saturated heterocycles. The molecule has 0 bridgehead atoms. The Balaban J connectivity index is 0.738. The van der Waals surface area contributed by atoms with Gasteiger partial charge in [0.25, 0.3) is 0 Å². The van der Waals surface area contributed by atoms with Crippen LogP contribution >= 0.6 is 23.1 Å². The highest BCUT2D eigenvalue weighted by Crippen LogP contribution is 2.48. The van der Waals surface area contributed by atoms with Crippen LogP contribution in [0.4, 0.5) is 34.5 Å². The fourth-order valence-corrected chi connectivity index (χ4v) is 13.0. The van der Waals surface area contributed by atoms with Crippen molar-refractivity contribution in [3.05, 3.63) is 82.2 Å². The number of rotatable bonds is 12. The Hall–Kier alpha value is -5.48. The molecule has 1 atom stereocenters. The summed E-state index contributed by atoms with van der Waals surface area (Å²) in [6, 6.07) is 14.9. The lowest BCUT2D eigenvalue weighted by molar-refractivity contribution is -0.136. The number of aryl methyl sites for hydroxylation is 1. The zero-order valence-electron chi connectivity index (χ0n) is 40.2. The van der Waals surface area contributed by atoms with Gasteiger partial charge in [-0.25, -0.2) is 4.98 Å². The third-order valence-electron chi connectivity index (χ3n) is 15.2. The van der Waals surface area contributed by atoms with E-state index in [2.05, 4.69) is 92.7 Å². The normalized spacial score (nSPS) is 22.4. The minimum absolute atomic E-state index is 0.0803. The average Bonchev–Trinajstić information content (AvgIpc) is 3.52. The molecule has 1 unspecified atom stereocenters. The van der Waals surface area contributed by atoms with Crippen molar-refractivity contribution in [2.45, 2.75) is 95.2 Å². The number of hydrogen-bond donors (Lipinski definition) is 3. The third kappa shape index (κ3) is 9.00. The monoisotopic (exact) mass is 1020 g/mol. The minimum atomic E-state index is -2.78. The van der Waals surface area contributed by atoms with Crippen molar-refractivity contribution in [3.63, 3.8) is 0 Å². The van der Waals surface area contributed by atoms with Crippen molar-refractivity contribution in [3.8, 4) is 5.75 Å². The van der Waals surface area contributed by atoms with Gasteiger partial charge in [0.1, 0.15) is 30.3 Å². The van der Waals surface area contributed by atoms with Gasteiger partial charge in [0.2, 0.25) is 23.7 Å². The number of ether oxygens (including phenoxy) is 1. The summed E-state index contributed by atoms with van der Waals surface area (Å²) in [4.78, 5) is 66.2. The van der Waals surface area contributed by atoms with E-state index in [9.17, 15) is 18.9 Å². The molecule has 16 nitrogen and oxygen atoms in total. The highest BCUT2D eigenvalue weighted by molar-refractivity contribution is 9.10.